The van der Waals surface area contributed by atoms with Gasteiger partial charge in [-0.1, -0.05) is 204 Å². The van der Waals surface area contributed by atoms with Crippen molar-refractivity contribution in [3.8, 4) is 44.5 Å². The highest BCUT2D eigenvalue weighted by molar-refractivity contribution is 6.14. The summed E-state index contributed by atoms with van der Waals surface area (Å²) in [6.07, 6.45) is 5.59. The molecule has 0 heteroatoms. The third-order valence-electron chi connectivity index (χ3n) is 16.5. The van der Waals surface area contributed by atoms with Gasteiger partial charge in [0.25, 0.3) is 0 Å². The molecule has 61 heavy (non-hydrogen) atoms. The van der Waals surface area contributed by atoms with Crippen molar-refractivity contribution in [2.45, 2.75) is 88.9 Å². The van der Waals surface area contributed by atoms with Crippen LogP contribution in [0, 0.1) is 5.92 Å². The number of allylic oxidation sites excluding steroid dienone is 2. The van der Waals surface area contributed by atoms with Crippen LogP contribution in [-0.2, 0) is 16.2 Å². The monoisotopic (exact) mass is 786 g/mol. The zero-order valence-corrected chi connectivity index (χ0v) is 36.3. The standard InChI is InChI=1S/C61H54/c1-6-38(2)42-27-20-28-43(37-42)52-47-32-19-18-31-46(47)51(41-25-14-9-15-26-41)56-57(52)61(5)36-35-59(3)54-48(33-34-60(56,4)58(54)61)53-49(39-21-10-7-11-22-39)44-29-16-17-30-45(44)50(55(53)59)40-23-12-8-13-24-40/h7-32,37-38,58H,6,33-36H2,1-5H3. The lowest BCUT2D eigenvalue weighted by atomic mass is 9.49. The smallest absolute Gasteiger partial charge is 0.0156 e. The van der Waals surface area contributed by atoms with Gasteiger partial charge in [0, 0.05) is 22.2 Å². The lowest BCUT2D eigenvalue weighted by molar-refractivity contribution is 0.153. The van der Waals surface area contributed by atoms with E-state index in [2.05, 4.69) is 198 Å². The van der Waals surface area contributed by atoms with Crippen LogP contribution in [-0.4, -0.2) is 0 Å². The van der Waals surface area contributed by atoms with Gasteiger partial charge in [0.15, 0.2) is 0 Å². The second-order valence-corrected chi connectivity index (χ2v) is 19.6. The van der Waals surface area contributed by atoms with Crippen molar-refractivity contribution in [2.24, 2.45) is 5.92 Å². The summed E-state index contributed by atoms with van der Waals surface area (Å²) in [7, 11) is 0. The van der Waals surface area contributed by atoms with Crippen molar-refractivity contribution in [1.29, 1.82) is 0 Å². The van der Waals surface area contributed by atoms with Crippen LogP contribution < -0.4 is 0 Å². The zero-order chi connectivity index (χ0) is 41.3. The van der Waals surface area contributed by atoms with Crippen LogP contribution in [0.25, 0.3) is 71.6 Å². The Kier molecular flexibility index (Phi) is 8.01. The van der Waals surface area contributed by atoms with Gasteiger partial charge in [-0.15, -0.1) is 0 Å². The molecule has 0 aromatic heterocycles. The van der Waals surface area contributed by atoms with Crippen LogP contribution in [0.15, 0.2) is 169 Å². The van der Waals surface area contributed by atoms with Gasteiger partial charge < -0.3 is 0 Å². The molecule has 0 nitrogen and oxygen atoms in total. The SMILES string of the molecule is CCC(C)c1cccc(-c2c3c(c(-c4ccccc4)c4ccccc24)C2(C)CCC4=C5C2C3(C)CCC5(C)c2c4c(-c3ccccc3)c3ccccc3c2-c2ccccc2)c1. The Balaban J connectivity index is 1.22. The number of benzene rings is 8. The molecule has 5 unspecified atom stereocenters. The minimum absolute atomic E-state index is 0.0653. The van der Waals surface area contributed by atoms with Gasteiger partial charge in [0.1, 0.15) is 0 Å². The third kappa shape index (κ3) is 4.88. The molecule has 0 aliphatic heterocycles. The Bertz CT molecular complexity index is 3110. The van der Waals surface area contributed by atoms with Crippen LogP contribution in [0.1, 0.15) is 100 Å². The van der Waals surface area contributed by atoms with Crippen LogP contribution in [0.5, 0.6) is 0 Å². The van der Waals surface area contributed by atoms with Gasteiger partial charge in [0.05, 0.1) is 0 Å². The fraction of sp³-hybridized carbons (Fsp3) is 0.246. The van der Waals surface area contributed by atoms with E-state index >= 15 is 0 Å². The molecule has 8 aromatic rings. The highest BCUT2D eigenvalue weighted by atomic mass is 14.7. The van der Waals surface area contributed by atoms with Crippen molar-refractivity contribution in [2.75, 3.05) is 0 Å². The average molecular weight is 787 g/mol. The molecule has 4 aliphatic rings. The highest BCUT2D eigenvalue weighted by Crippen LogP contribution is 2.76. The van der Waals surface area contributed by atoms with E-state index in [1.54, 1.807) is 33.4 Å². The molecular formula is C61H54. The van der Waals surface area contributed by atoms with Crippen molar-refractivity contribution < 1.29 is 0 Å². The average Bonchev–Trinajstić information content (AvgIpc) is 3.69. The van der Waals surface area contributed by atoms with Crippen molar-refractivity contribution in [3.05, 3.63) is 197 Å². The third-order valence-corrected chi connectivity index (χ3v) is 16.5. The van der Waals surface area contributed by atoms with Gasteiger partial charge in [-0.3, -0.25) is 0 Å². The maximum Gasteiger partial charge on any atom is 0.0156 e. The van der Waals surface area contributed by atoms with Gasteiger partial charge in [0.2, 0.25) is 0 Å². The molecule has 0 saturated heterocycles. The Labute approximate surface area is 362 Å². The summed E-state index contributed by atoms with van der Waals surface area (Å²) in [6, 6.07) is 62.6. The second-order valence-electron chi connectivity index (χ2n) is 19.6. The maximum absolute atomic E-state index is 2.71. The van der Waals surface area contributed by atoms with Crippen LogP contribution in [0.2, 0.25) is 0 Å². The number of fused-ring (bicyclic) bond motifs is 8. The number of hydrogen-bond donors (Lipinski definition) is 0. The first-order valence-electron chi connectivity index (χ1n) is 23.0. The summed E-state index contributed by atoms with van der Waals surface area (Å²) < 4.78 is 0. The van der Waals surface area contributed by atoms with Gasteiger partial charge in [-0.2, -0.15) is 0 Å². The minimum atomic E-state index is -0.111. The Morgan fingerprint density at radius 3 is 1.44 bits per heavy atom. The van der Waals surface area contributed by atoms with Crippen LogP contribution in [0.4, 0.5) is 0 Å². The molecule has 0 spiro atoms. The van der Waals surface area contributed by atoms with E-state index < -0.39 is 0 Å². The zero-order valence-electron chi connectivity index (χ0n) is 36.3. The Morgan fingerprint density at radius 2 is 0.902 bits per heavy atom. The van der Waals surface area contributed by atoms with Gasteiger partial charge in [-0.25, -0.2) is 0 Å². The van der Waals surface area contributed by atoms with Crippen molar-refractivity contribution in [3.63, 3.8) is 0 Å². The summed E-state index contributed by atoms with van der Waals surface area (Å²) in [5, 5.41) is 5.53. The molecule has 5 atom stereocenters. The van der Waals surface area contributed by atoms with Crippen molar-refractivity contribution >= 4 is 27.1 Å². The molecular weight excluding hydrogens is 733 g/mol. The molecule has 8 aromatic carbocycles. The molecule has 4 aliphatic carbocycles. The van der Waals surface area contributed by atoms with Crippen LogP contribution >= 0.6 is 0 Å². The summed E-state index contributed by atoms with van der Waals surface area (Å²) in [5.41, 5.74) is 22.2. The summed E-state index contributed by atoms with van der Waals surface area (Å²) >= 11 is 0. The van der Waals surface area contributed by atoms with E-state index in [-0.39, 0.29) is 16.2 Å². The van der Waals surface area contributed by atoms with Crippen molar-refractivity contribution in [1.82, 2.24) is 0 Å². The Hall–Kier alpha value is -5.98. The largest absolute Gasteiger partial charge is 0.0648 e. The van der Waals surface area contributed by atoms with E-state index in [1.165, 1.54) is 71.6 Å². The second kappa shape index (κ2) is 13.3. The van der Waals surface area contributed by atoms with E-state index in [0.29, 0.717) is 11.8 Å². The van der Waals surface area contributed by atoms with Crippen LogP contribution in [0.3, 0.4) is 0 Å². The first-order chi connectivity index (χ1) is 29.8. The van der Waals surface area contributed by atoms with E-state index in [4.69, 9.17) is 0 Å². The van der Waals surface area contributed by atoms with E-state index in [1.807, 2.05) is 0 Å². The Morgan fingerprint density at radius 1 is 0.459 bits per heavy atom. The first kappa shape index (κ1) is 36.8. The summed E-state index contributed by atoms with van der Waals surface area (Å²) in [5.74, 6) is 0.864. The first-order valence-corrected chi connectivity index (χ1v) is 23.0. The predicted octanol–water partition coefficient (Wildman–Crippen LogP) is 16.6. The van der Waals surface area contributed by atoms with Gasteiger partial charge in [-0.05, 0) is 137 Å². The molecule has 1 saturated carbocycles. The molecule has 0 amide bonds. The normalized spacial score (nSPS) is 23.9. The topological polar surface area (TPSA) is 0 Å². The van der Waals surface area contributed by atoms with Gasteiger partial charge >= 0.3 is 0 Å². The molecule has 12 rings (SSSR count). The minimum Gasteiger partial charge on any atom is -0.0648 e. The summed E-state index contributed by atoms with van der Waals surface area (Å²) in [4.78, 5) is 0. The van der Waals surface area contributed by atoms with E-state index in [9.17, 15) is 0 Å². The quantitative estimate of drug-likeness (QED) is 0.157. The molecule has 298 valence electrons. The fourth-order valence-electron chi connectivity index (χ4n) is 13.8. The molecule has 1 fully saturated rings. The lowest BCUT2D eigenvalue weighted by Gasteiger charge is -2.54. The molecule has 0 heterocycles. The number of hydrogen-bond acceptors (Lipinski definition) is 0. The van der Waals surface area contributed by atoms with E-state index in [0.717, 1.165) is 32.1 Å². The summed E-state index contributed by atoms with van der Waals surface area (Å²) in [6.45, 7) is 12.8. The maximum atomic E-state index is 2.71. The molecule has 0 N–H and O–H groups in total. The highest BCUT2D eigenvalue weighted by Gasteiger charge is 2.67. The molecule has 0 radical (unpaired) electrons. The number of rotatable bonds is 6. The molecule has 0 bridgehead atoms. The predicted molar refractivity (Wildman–Crippen MR) is 259 cm³/mol. The lowest BCUT2D eigenvalue weighted by Crippen LogP contribution is -2.49. The fourth-order valence-corrected chi connectivity index (χ4v) is 13.8.